The summed E-state index contributed by atoms with van der Waals surface area (Å²) in [7, 11) is 0. The van der Waals surface area contributed by atoms with Crippen LogP contribution in [0.5, 0.6) is 0 Å². The third-order valence-corrected chi connectivity index (χ3v) is 3.26. The average molecular weight is 251 g/mol. The van der Waals surface area contributed by atoms with Crippen LogP contribution < -0.4 is 0 Å². The monoisotopic (exact) mass is 251 g/mol. The zero-order chi connectivity index (χ0) is 13.1. The number of carboxylic acid groups (broad SMARTS) is 1. The molecule has 0 aliphatic carbocycles. The molecule has 5 nitrogen and oxygen atoms in total. The highest BCUT2D eigenvalue weighted by Crippen LogP contribution is 2.30. The SMILES string of the molecule is CC(C)Cn1ccc(C2CCCN2CC(=O)O)n1. The lowest BCUT2D eigenvalue weighted by atomic mass is 10.1. The number of likely N-dealkylation sites (tertiary alicyclic amines) is 1. The first-order valence-corrected chi connectivity index (χ1v) is 6.55. The molecule has 2 rings (SSSR count). The van der Waals surface area contributed by atoms with Gasteiger partial charge < -0.3 is 5.11 Å². The molecule has 1 aliphatic rings. The van der Waals surface area contributed by atoms with Gasteiger partial charge in [0.1, 0.15) is 0 Å². The molecule has 1 aromatic rings. The number of carboxylic acids is 1. The van der Waals surface area contributed by atoms with Crippen LogP contribution in [0, 0.1) is 5.92 Å². The molecule has 1 saturated heterocycles. The fourth-order valence-electron chi connectivity index (χ4n) is 2.55. The fraction of sp³-hybridized carbons (Fsp3) is 0.692. The molecule has 1 atom stereocenters. The van der Waals surface area contributed by atoms with Gasteiger partial charge in [-0.2, -0.15) is 5.10 Å². The molecule has 1 aromatic heterocycles. The number of hydrogen-bond donors (Lipinski definition) is 1. The van der Waals surface area contributed by atoms with E-state index < -0.39 is 5.97 Å². The number of nitrogens with zero attached hydrogens (tertiary/aromatic N) is 3. The molecule has 0 amide bonds. The molecule has 1 aliphatic heterocycles. The number of aliphatic carboxylic acids is 1. The van der Waals surface area contributed by atoms with Crippen molar-refractivity contribution < 1.29 is 9.90 Å². The van der Waals surface area contributed by atoms with Crippen LogP contribution in [0.2, 0.25) is 0 Å². The van der Waals surface area contributed by atoms with Crippen molar-refractivity contribution in [3.05, 3.63) is 18.0 Å². The fourth-order valence-corrected chi connectivity index (χ4v) is 2.55. The van der Waals surface area contributed by atoms with Crippen LogP contribution in [0.3, 0.4) is 0 Å². The number of carbonyl (C=O) groups is 1. The second-order valence-electron chi connectivity index (χ2n) is 5.38. The van der Waals surface area contributed by atoms with E-state index in [1.807, 2.05) is 21.8 Å². The average Bonchev–Trinajstić information content (AvgIpc) is 2.85. The Morgan fingerprint density at radius 1 is 1.61 bits per heavy atom. The van der Waals surface area contributed by atoms with Crippen LogP contribution in [0.25, 0.3) is 0 Å². The standard InChI is InChI=1S/C13H21N3O2/c1-10(2)8-16-7-5-11(14-16)12-4-3-6-15(12)9-13(17)18/h5,7,10,12H,3-4,6,8-9H2,1-2H3,(H,17,18). The minimum absolute atomic E-state index is 0.113. The molecular weight excluding hydrogens is 230 g/mol. The van der Waals surface area contributed by atoms with Crippen molar-refractivity contribution in [3.8, 4) is 0 Å². The van der Waals surface area contributed by atoms with E-state index in [9.17, 15) is 4.79 Å². The van der Waals surface area contributed by atoms with Crippen molar-refractivity contribution in [1.82, 2.24) is 14.7 Å². The Labute approximate surface area is 107 Å². The van der Waals surface area contributed by atoms with Crippen LogP contribution in [0.15, 0.2) is 12.3 Å². The Morgan fingerprint density at radius 2 is 2.39 bits per heavy atom. The highest BCUT2D eigenvalue weighted by atomic mass is 16.4. The molecule has 0 aromatic carbocycles. The summed E-state index contributed by atoms with van der Waals surface area (Å²) in [4.78, 5) is 12.8. The van der Waals surface area contributed by atoms with Gasteiger partial charge in [0.05, 0.1) is 18.3 Å². The van der Waals surface area contributed by atoms with Crippen molar-refractivity contribution in [2.75, 3.05) is 13.1 Å². The van der Waals surface area contributed by atoms with E-state index >= 15 is 0 Å². The molecule has 18 heavy (non-hydrogen) atoms. The second kappa shape index (κ2) is 5.52. The first-order valence-electron chi connectivity index (χ1n) is 6.55. The predicted octanol–water partition coefficient (Wildman–Crippen LogP) is 1.76. The van der Waals surface area contributed by atoms with Gasteiger partial charge in [0.2, 0.25) is 0 Å². The zero-order valence-corrected chi connectivity index (χ0v) is 11.0. The van der Waals surface area contributed by atoms with Gasteiger partial charge >= 0.3 is 5.97 Å². The predicted molar refractivity (Wildman–Crippen MR) is 68.2 cm³/mol. The third kappa shape index (κ3) is 3.10. The van der Waals surface area contributed by atoms with Gasteiger partial charge in [-0.25, -0.2) is 0 Å². The molecular formula is C13H21N3O2. The molecule has 2 heterocycles. The summed E-state index contributed by atoms with van der Waals surface area (Å²) in [6.45, 7) is 6.20. The van der Waals surface area contributed by atoms with Crippen molar-refractivity contribution in [1.29, 1.82) is 0 Å². The largest absolute Gasteiger partial charge is 0.480 e. The lowest BCUT2D eigenvalue weighted by Gasteiger charge is -2.20. The van der Waals surface area contributed by atoms with E-state index in [0.717, 1.165) is 31.6 Å². The van der Waals surface area contributed by atoms with Gasteiger partial charge in [0.15, 0.2) is 0 Å². The lowest BCUT2D eigenvalue weighted by molar-refractivity contribution is -0.138. The molecule has 5 heteroatoms. The maximum atomic E-state index is 10.8. The number of rotatable bonds is 5. The lowest BCUT2D eigenvalue weighted by Crippen LogP contribution is -2.29. The number of hydrogen-bond acceptors (Lipinski definition) is 3. The van der Waals surface area contributed by atoms with Crippen molar-refractivity contribution in [2.24, 2.45) is 5.92 Å². The normalized spacial score (nSPS) is 20.7. The second-order valence-corrected chi connectivity index (χ2v) is 5.38. The Kier molecular flexibility index (Phi) is 4.01. The van der Waals surface area contributed by atoms with E-state index in [0.29, 0.717) is 5.92 Å². The maximum absolute atomic E-state index is 10.8. The highest BCUT2D eigenvalue weighted by Gasteiger charge is 2.29. The maximum Gasteiger partial charge on any atom is 0.317 e. The van der Waals surface area contributed by atoms with Gasteiger partial charge in [-0.05, 0) is 31.4 Å². The molecule has 1 N–H and O–H groups in total. The van der Waals surface area contributed by atoms with Gasteiger partial charge in [0.25, 0.3) is 0 Å². The van der Waals surface area contributed by atoms with Gasteiger partial charge in [-0.1, -0.05) is 13.8 Å². The van der Waals surface area contributed by atoms with E-state index in [4.69, 9.17) is 5.11 Å². The van der Waals surface area contributed by atoms with E-state index in [1.165, 1.54) is 0 Å². The molecule has 0 saturated carbocycles. The quantitative estimate of drug-likeness (QED) is 0.866. The zero-order valence-electron chi connectivity index (χ0n) is 11.0. The summed E-state index contributed by atoms with van der Waals surface area (Å²) in [6, 6.07) is 2.20. The van der Waals surface area contributed by atoms with Crippen LogP contribution in [0.4, 0.5) is 0 Å². The molecule has 0 radical (unpaired) electrons. The van der Waals surface area contributed by atoms with Crippen LogP contribution in [-0.2, 0) is 11.3 Å². The van der Waals surface area contributed by atoms with E-state index in [2.05, 4.69) is 18.9 Å². The van der Waals surface area contributed by atoms with Gasteiger partial charge in [0, 0.05) is 12.7 Å². The van der Waals surface area contributed by atoms with Gasteiger partial charge in [-0.15, -0.1) is 0 Å². The Hall–Kier alpha value is -1.36. The number of aromatic nitrogens is 2. The Bertz CT molecular complexity index is 414. The molecule has 1 fully saturated rings. The van der Waals surface area contributed by atoms with Crippen molar-refractivity contribution >= 4 is 5.97 Å². The molecule has 100 valence electrons. The molecule has 1 unspecified atom stereocenters. The summed E-state index contributed by atoms with van der Waals surface area (Å²) in [5.41, 5.74) is 1.01. The van der Waals surface area contributed by atoms with Crippen molar-refractivity contribution in [2.45, 2.75) is 39.3 Å². The van der Waals surface area contributed by atoms with Crippen LogP contribution in [0.1, 0.15) is 38.4 Å². The topological polar surface area (TPSA) is 58.4 Å². The Balaban J connectivity index is 2.05. The van der Waals surface area contributed by atoms with Crippen LogP contribution in [-0.4, -0.2) is 38.8 Å². The minimum Gasteiger partial charge on any atom is -0.480 e. The van der Waals surface area contributed by atoms with Crippen LogP contribution >= 0.6 is 0 Å². The molecule has 0 spiro atoms. The summed E-state index contributed by atoms with van der Waals surface area (Å²) in [6.07, 6.45) is 4.05. The summed E-state index contributed by atoms with van der Waals surface area (Å²) in [5.74, 6) is -0.194. The smallest absolute Gasteiger partial charge is 0.317 e. The third-order valence-electron chi connectivity index (χ3n) is 3.26. The first kappa shape index (κ1) is 13.1. The highest BCUT2D eigenvalue weighted by molar-refractivity contribution is 5.69. The minimum atomic E-state index is -0.761. The van der Waals surface area contributed by atoms with E-state index in [-0.39, 0.29) is 12.6 Å². The molecule has 0 bridgehead atoms. The first-order chi connectivity index (χ1) is 8.56. The van der Waals surface area contributed by atoms with E-state index in [1.54, 1.807) is 0 Å². The summed E-state index contributed by atoms with van der Waals surface area (Å²) < 4.78 is 1.96. The summed E-state index contributed by atoms with van der Waals surface area (Å²) in [5, 5.41) is 13.5. The van der Waals surface area contributed by atoms with Gasteiger partial charge in [-0.3, -0.25) is 14.4 Å². The Morgan fingerprint density at radius 3 is 3.06 bits per heavy atom. The van der Waals surface area contributed by atoms with Crippen molar-refractivity contribution in [3.63, 3.8) is 0 Å². The summed E-state index contributed by atoms with van der Waals surface area (Å²) >= 11 is 0.